The van der Waals surface area contributed by atoms with E-state index < -0.39 is 5.97 Å². The van der Waals surface area contributed by atoms with Gasteiger partial charge in [-0.1, -0.05) is 15.9 Å². The van der Waals surface area contributed by atoms with Crippen molar-refractivity contribution in [3.8, 4) is 0 Å². The fourth-order valence-electron chi connectivity index (χ4n) is 1.75. The molecule has 0 saturated heterocycles. The standard InChI is InChI=1S/C11H11BrN2O2/c1-2-14-10(6-11(15)16)8-5-7(12)3-4-9(8)13-14/h3-5H,2,6H2,1H3,(H,15,16). The maximum absolute atomic E-state index is 10.8. The molecule has 0 aliphatic rings. The van der Waals surface area contributed by atoms with Crippen molar-refractivity contribution in [2.75, 3.05) is 0 Å². The fraction of sp³-hybridized carbons (Fsp3) is 0.273. The van der Waals surface area contributed by atoms with E-state index in [-0.39, 0.29) is 6.42 Å². The predicted octanol–water partition coefficient (Wildman–Crippen LogP) is 2.45. The van der Waals surface area contributed by atoms with Gasteiger partial charge < -0.3 is 5.11 Å². The second-order valence-corrected chi connectivity index (χ2v) is 4.41. The highest BCUT2D eigenvalue weighted by Gasteiger charge is 2.13. The van der Waals surface area contributed by atoms with Crippen LogP contribution in [-0.4, -0.2) is 20.9 Å². The first-order chi connectivity index (χ1) is 7.61. The van der Waals surface area contributed by atoms with Crippen molar-refractivity contribution in [1.82, 2.24) is 9.78 Å². The molecule has 1 heterocycles. The van der Waals surface area contributed by atoms with E-state index in [1.165, 1.54) is 0 Å². The van der Waals surface area contributed by atoms with Gasteiger partial charge in [0.1, 0.15) is 0 Å². The molecule has 1 aromatic heterocycles. The van der Waals surface area contributed by atoms with E-state index in [0.717, 1.165) is 21.1 Å². The number of fused-ring (bicyclic) bond motifs is 1. The van der Waals surface area contributed by atoms with Crippen LogP contribution in [-0.2, 0) is 17.8 Å². The minimum absolute atomic E-state index is 0.000787. The Morgan fingerprint density at radius 2 is 2.31 bits per heavy atom. The second-order valence-electron chi connectivity index (χ2n) is 3.49. The molecule has 5 heteroatoms. The number of benzene rings is 1. The van der Waals surface area contributed by atoms with Gasteiger partial charge in [-0.15, -0.1) is 0 Å². The molecule has 0 radical (unpaired) electrons. The van der Waals surface area contributed by atoms with Gasteiger partial charge in [0.2, 0.25) is 0 Å². The van der Waals surface area contributed by atoms with Crippen molar-refractivity contribution < 1.29 is 9.90 Å². The van der Waals surface area contributed by atoms with Gasteiger partial charge in [-0.05, 0) is 25.1 Å². The minimum Gasteiger partial charge on any atom is -0.481 e. The highest BCUT2D eigenvalue weighted by molar-refractivity contribution is 9.10. The Labute approximate surface area is 101 Å². The molecule has 0 amide bonds. The minimum atomic E-state index is -0.837. The Balaban J connectivity index is 2.65. The normalized spacial score (nSPS) is 10.9. The van der Waals surface area contributed by atoms with Crippen LogP contribution in [0, 0.1) is 0 Å². The third-order valence-electron chi connectivity index (χ3n) is 2.43. The average molecular weight is 283 g/mol. The van der Waals surface area contributed by atoms with E-state index >= 15 is 0 Å². The number of rotatable bonds is 3. The number of hydrogen-bond donors (Lipinski definition) is 1. The smallest absolute Gasteiger partial charge is 0.309 e. The highest BCUT2D eigenvalue weighted by atomic mass is 79.9. The lowest BCUT2D eigenvalue weighted by Gasteiger charge is -2.01. The van der Waals surface area contributed by atoms with Gasteiger partial charge >= 0.3 is 5.97 Å². The van der Waals surface area contributed by atoms with E-state index in [4.69, 9.17) is 5.11 Å². The van der Waals surface area contributed by atoms with Gasteiger partial charge in [-0.2, -0.15) is 5.10 Å². The van der Waals surface area contributed by atoms with Crippen molar-refractivity contribution >= 4 is 32.8 Å². The molecular weight excluding hydrogens is 272 g/mol. The van der Waals surface area contributed by atoms with E-state index in [1.807, 2.05) is 25.1 Å². The fourth-order valence-corrected chi connectivity index (χ4v) is 2.11. The van der Waals surface area contributed by atoms with Crippen molar-refractivity contribution in [1.29, 1.82) is 0 Å². The molecule has 4 nitrogen and oxygen atoms in total. The molecule has 16 heavy (non-hydrogen) atoms. The molecule has 0 spiro atoms. The summed E-state index contributed by atoms with van der Waals surface area (Å²) in [5.74, 6) is -0.837. The number of hydrogen-bond acceptors (Lipinski definition) is 2. The Kier molecular flexibility index (Phi) is 2.96. The van der Waals surface area contributed by atoms with Crippen molar-refractivity contribution in [3.05, 3.63) is 28.4 Å². The number of aromatic nitrogens is 2. The summed E-state index contributed by atoms with van der Waals surface area (Å²) in [6.07, 6.45) is 0.000787. The highest BCUT2D eigenvalue weighted by Crippen LogP contribution is 2.23. The molecule has 0 bridgehead atoms. The van der Waals surface area contributed by atoms with Crippen LogP contribution in [0.25, 0.3) is 10.9 Å². The summed E-state index contributed by atoms with van der Waals surface area (Å²) < 4.78 is 2.67. The lowest BCUT2D eigenvalue weighted by molar-refractivity contribution is -0.136. The van der Waals surface area contributed by atoms with Gasteiger partial charge in [-0.3, -0.25) is 9.48 Å². The molecule has 0 aliphatic heterocycles. The van der Waals surface area contributed by atoms with Crippen LogP contribution in [0.4, 0.5) is 0 Å². The van der Waals surface area contributed by atoms with Gasteiger partial charge in [0, 0.05) is 16.4 Å². The Morgan fingerprint density at radius 3 is 2.94 bits per heavy atom. The summed E-state index contributed by atoms with van der Waals surface area (Å²) in [6, 6.07) is 5.70. The molecule has 0 fully saturated rings. The summed E-state index contributed by atoms with van der Waals surface area (Å²) in [6.45, 7) is 2.63. The summed E-state index contributed by atoms with van der Waals surface area (Å²) in [4.78, 5) is 10.8. The van der Waals surface area contributed by atoms with Crippen LogP contribution in [0.3, 0.4) is 0 Å². The predicted molar refractivity (Wildman–Crippen MR) is 64.4 cm³/mol. The van der Waals surface area contributed by atoms with E-state index in [9.17, 15) is 4.79 Å². The number of nitrogens with zero attached hydrogens (tertiary/aromatic N) is 2. The SMILES string of the molecule is CCn1nc2ccc(Br)cc2c1CC(=O)O. The maximum Gasteiger partial charge on any atom is 0.309 e. The monoisotopic (exact) mass is 282 g/mol. The van der Waals surface area contributed by atoms with Crippen molar-refractivity contribution in [2.45, 2.75) is 19.9 Å². The third-order valence-corrected chi connectivity index (χ3v) is 2.92. The Bertz CT molecular complexity index is 548. The zero-order chi connectivity index (χ0) is 11.7. The number of carboxylic acids is 1. The molecular formula is C11H11BrN2O2. The van der Waals surface area contributed by atoms with E-state index in [1.54, 1.807) is 4.68 Å². The molecule has 0 atom stereocenters. The van der Waals surface area contributed by atoms with Gasteiger partial charge in [-0.25, -0.2) is 0 Å². The Morgan fingerprint density at radius 1 is 1.56 bits per heavy atom. The largest absolute Gasteiger partial charge is 0.481 e. The topological polar surface area (TPSA) is 55.1 Å². The molecule has 2 aromatic rings. The second kappa shape index (κ2) is 4.25. The molecule has 0 saturated carbocycles. The maximum atomic E-state index is 10.8. The van der Waals surface area contributed by atoms with Crippen molar-refractivity contribution in [2.24, 2.45) is 0 Å². The molecule has 1 N–H and O–H groups in total. The summed E-state index contributed by atoms with van der Waals surface area (Å²) in [5, 5.41) is 14.1. The first kappa shape index (κ1) is 11.1. The summed E-state index contributed by atoms with van der Waals surface area (Å²) in [7, 11) is 0. The van der Waals surface area contributed by atoms with Gasteiger partial charge in [0.05, 0.1) is 17.6 Å². The molecule has 0 aliphatic carbocycles. The summed E-state index contributed by atoms with van der Waals surface area (Å²) in [5.41, 5.74) is 1.59. The first-order valence-electron chi connectivity index (χ1n) is 4.98. The molecule has 2 rings (SSSR count). The lowest BCUT2D eigenvalue weighted by atomic mass is 10.1. The summed E-state index contributed by atoms with van der Waals surface area (Å²) >= 11 is 3.38. The van der Waals surface area contributed by atoms with Crippen LogP contribution in [0.1, 0.15) is 12.6 Å². The van der Waals surface area contributed by atoms with Crippen LogP contribution in [0.5, 0.6) is 0 Å². The van der Waals surface area contributed by atoms with Crippen molar-refractivity contribution in [3.63, 3.8) is 0 Å². The van der Waals surface area contributed by atoms with Crippen LogP contribution < -0.4 is 0 Å². The quantitative estimate of drug-likeness (QED) is 0.941. The number of aryl methyl sites for hydroxylation is 1. The first-order valence-corrected chi connectivity index (χ1v) is 5.78. The molecule has 1 aromatic carbocycles. The zero-order valence-electron chi connectivity index (χ0n) is 8.77. The molecule has 84 valence electrons. The number of aliphatic carboxylic acids is 1. The van der Waals surface area contributed by atoms with Gasteiger partial charge in [0.15, 0.2) is 0 Å². The third kappa shape index (κ3) is 1.95. The molecule has 0 unspecified atom stereocenters. The Hall–Kier alpha value is -1.36. The van der Waals surface area contributed by atoms with E-state index in [0.29, 0.717) is 6.54 Å². The number of carbonyl (C=O) groups is 1. The van der Waals surface area contributed by atoms with Crippen LogP contribution in [0.15, 0.2) is 22.7 Å². The van der Waals surface area contributed by atoms with E-state index in [2.05, 4.69) is 21.0 Å². The lowest BCUT2D eigenvalue weighted by Crippen LogP contribution is -2.08. The number of halogens is 1. The zero-order valence-corrected chi connectivity index (χ0v) is 10.4. The average Bonchev–Trinajstić information content (AvgIpc) is 2.56. The van der Waals surface area contributed by atoms with Crippen LogP contribution >= 0.6 is 15.9 Å². The van der Waals surface area contributed by atoms with Gasteiger partial charge in [0.25, 0.3) is 0 Å². The number of carboxylic acid groups (broad SMARTS) is 1. The van der Waals surface area contributed by atoms with Crippen LogP contribution in [0.2, 0.25) is 0 Å².